The summed E-state index contributed by atoms with van der Waals surface area (Å²) in [4.78, 5) is 2.24. The van der Waals surface area contributed by atoms with Gasteiger partial charge in [-0.15, -0.1) is 0 Å². The zero-order chi connectivity index (χ0) is 14.2. The number of hydrogen-bond acceptors (Lipinski definition) is 5. The van der Waals surface area contributed by atoms with Gasteiger partial charge in [-0.05, 0) is 24.1 Å². The first-order chi connectivity index (χ1) is 9.78. The average Bonchev–Trinajstić information content (AvgIpc) is 2.48. The van der Waals surface area contributed by atoms with Crippen LogP contribution in [0.3, 0.4) is 0 Å². The van der Waals surface area contributed by atoms with Gasteiger partial charge in [0.25, 0.3) is 0 Å². The summed E-state index contributed by atoms with van der Waals surface area (Å²) < 4.78 is 5.59. The molecule has 0 aromatic heterocycles. The zero-order valence-electron chi connectivity index (χ0n) is 11.8. The minimum Gasteiger partial charge on any atom is -0.491 e. The smallest absolute Gasteiger partial charge is 0.119 e. The van der Waals surface area contributed by atoms with Crippen LogP contribution in [-0.4, -0.2) is 67.2 Å². The fourth-order valence-corrected chi connectivity index (χ4v) is 2.32. The van der Waals surface area contributed by atoms with Crippen LogP contribution in [0.2, 0.25) is 0 Å². The first kappa shape index (κ1) is 15.3. The molecule has 5 heteroatoms. The number of piperazine rings is 1. The number of nitrogens with zero attached hydrogens (tertiary/aromatic N) is 1. The van der Waals surface area contributed by atoms with Crippen molar-refractivity contribution in [1.82, 2.24) is 10.2 Å². The Kier molecular flexibility index (Phi) is 6.26. The predicted octanol–water partition coefficient (Wildman–Crippen LogP) is -0.134. The summed E-state index contributed by atoms with van der Waals surface area (Å²) in [7, 11) is 0. The van der Waals surface area contributed by atoms with Gasteiger partial charge in [-0.1, -0.05) is 12.1 Å². The Morgan fingerprint density at radius 1 is 1.20 bits per heavy atom. The van der Waals surface area contributed by atoms with E-state index in [1.54, 1.807) is 0 Å². The molecule has 1 fully saturated rings. The van der Waals surface area contributed by atoms with Gasteiger partial charge in [0.2, 0.25) is 0 Å². The third kappa shape index (κ3) is 5.09. The van der Waals surface area contributed by atoms with E-state index in [1.165, 1.54) is 0 Å². The molecule has 112 valence electrons. The van der Waals surface area contributed by atoms with Crippen LogP contribution >= 0.6 is 0 Å². The summed E-state index contributed by atoms with van der Waals surface area (Å²) in [5.41, 5.74) is 1.08. The lowest BCUT2D eigenvalue weighted by atomic mass is 10.1. The van der Waals surface area contributed by atoms with E-state index >= 15 is 0 Å². The minimum absolute atomic E-state index is 0.156. The number of aliphatic hydroxyl groups excluding tert-OH is 2. The quantitative estimate of drug-likeness (QED) is 0.649. The highest BCUT2D eigenvalue weighted by molar-refractivity contribution is 5.27. The van der Waals surface area contributed by atoms with Crippen molar-refractivity contribution in [3.8, 4) is 5.75 Å². The molecule has 3 N–H and O–H groups in total. The van der Waals surface area contributed by atoms with E-state index in [1.807, 2.05) is 24.3 Å². The van der Waals surface area contributed by atoms with Gasteiger partial charge in [0, 0.05) is 39.3 Å². The van der Waals surface area contributed by atoms with E-state index in [4.69, 9.17) is 9.84 Å². The van der Waals surface area contributed by atoms with Crippen LogP contribution in [0.4, 0.5) is 0 Å². The average molecular weight is 280 g/mol. The van der Waals surface area contributed by atoms with Crippen LogP contribution in [0.25, 0.3) is 0 Å². The Hall–Kier alpha value is -1.14. The number of benzene rings is 1. The van der Waals surface area contributed by atoms with Crippen molar-refractivity contribution < 1.29 is 14.9 Å². The highest BCUT2D eigenvalue weighted by Crippen LogP contribution is 2.13. The van der Waals surface area contributed by atoms with Crippen molar-refractivity contribution >= 4 is 0 Å². The molecule has 0 amide bonds. The second-order valence-corrected chi connectivity index (χ2v) is 5.13. The third-order valence-corrected chi connectivity index (χ3v) is 3.44. The Morgan fingerprint density at radius 3 is 2.55 bits per heavy atom. The predicted molar refractivity (Wildman–Crippen MR) is 78.0 cm³/mol. The number of nitrogens with one attached hydrogen (secondary N) is 1. The molecule has 0 spiro atoms. The van der Waals surface area contributed by atoms with Gasteiger partial charge in [0.05, 0.1) is 0 Å². The summed E-state index contributed by atoms with van der Waals surface area (Å²) in [5, 5.41) is 22.1. The van der Waals surface area contributed by atoms with Crippen LogP contribution in [0.5, 0.6) is 5.75 Å². The number of β-amino-alcohol motifs (C(OH)–C–C–N with tert-alkyl or cyclic N) is 1. The van der Waals surface area contributed by atoms with Gasteiger partial charge < -0.3 is 20.3 Å². The van der Waals surface area contributed by atoms with E-state index in [9.17, 15) is 5.11 Å². The molecular formula is C15H24N2O3. The molecule has 0 radical (unpaired) electrons. The molecule has 0 aliphatic carbocycles. The van der Waals surface area contributed by atoms with Crippen LogP contribution in [0, 0.1) is 0 Å². The summed E-state index contributed by atoms with van der Waals surface area (Å²) in [6.45, 7) is 5.05. The van der Waals surface area contributed by atoms with Crippen molar-refractivity contribution in [3.63, 3.8) is 0 Å². The van der Waals surface area contributed by atoms with Gasteiger partial charge in [-0.3, -0.25) is 4.90 Å². The van der Waals surface area contributed by atoms with Crippen molar-refractivity contribution in [2.24, 2.45) is 0 Å². The first-order valence-corrected chi connectivity index (χ1v) is 7.21. The highest BCUT2D eigenvalue weighted by atomic mass is 16.5. The lowest BCUT2D eigenvalue weighted by Crippen LogP contribution is -2.47. The minimum atomic E-state index is -0.467. The molecule has 1 aromatic carbocycles. The standard InChI is InChI=1S/C15H24N2O3/c18-10-5-13-1-3-15(4-2-13)20-12-14(19)11-17-8-6-16-7-9-17/h1-4,14,16,18-19H,5-12H2. The molecule has 20 heavy (non-hydrogen) atoms. The highest BCUT2D eigenvalue weighted by Gasteiger charge is 2.14. The first-order valence-electron chi connectivity index (χ1n) is 7.21. The normalized spacial score (nSPS) is 17.9. The molecule has 1 atom stereocenters. The van der Waals surface area contributed by atoms with E-state index in [0.717, 1.165) is 37.5 Å². The largest absolute Gasteiger partial charge is 0.491 e. The number of rotatable bonds is 7. The zero-order valence-corrected chi connectivity index (χ0v) is 11.8. The second-order valence-electron chi connectivity index (χ2n) is 5.13. The number of ether oxygens (including phenoxy) is 1. The van der Waals surface area contributed by atoms with Crippen molar-refractivity contribution in [1.29, 1.82) is 0 Å². The molecule has 0 bridgehead atoms. The van der Waals surface area contributed by atoms with Gasteiger partial charge in [0.1, 0.15) is 18.5 Å². The number of aliphatic hydroxyl groups is 2. The van der Waals surface area contributed by atoms with E-state index in [-0.39, 0.29) is 6.61 Å². The summed E-state index contributed by atoms with van der Waals surface area (Å²) in [6.07, 6.45) is 0.191. The van der Waals surface area contributed by atoms with Gasteiger partial charge >= 0.3 is 0 Å². The monoisotopic (exact) mass is 280 g/mol. The molecule has 2 rings (SSSR count). The van der Waals surface area contributed by atoms with Crippen molar-refractivity contribution in [2.75, 3.05) is 45.9 Å². The van der Waals surface area contributed by atoms with Crippen LogP contribution in [-0.2, 0) is 6.42 Å². The number of hydrogen-bond donors (Lipinski definition) is 3. The summed E-state index contributed by atoms with van der Waals surface area (Å²) in [5.74, 6) is 0.756. The topological polar surface area (TPSA) is 65.0 Å². The fraction of sp³-hybridized carbons (Fsp3) is 0.600. The Morgan fingerprint density at radius 2 is 1.90 bits per heavy atom. The van der Waals surface area contributed by atoms with Gasteiger partial charge in [-0.25, -0.2) is 0 Å². The summed E-state index contributed by atoms with van der Waals surface area (Å²) in [6, 6.07) is 7.63. The molecule has 1 aliphatic heterocycles. The van der Waals surface area contributed by atoms with Crippen LogP contribution in [0.15, 0.2) is 24.3 Å². The van der Waals surface area contributed by atoms with E-state index < -0.39 is 6.10 Å². The molecule has 1 aliphatic rings. The third-order valence-electron chi connectivity index (χ3n) is 3.44. The maximum Gasteiger partial charge on any atom is 0.119 e. The molecule has 5 nitrogen and oxygen atoms in total. The van der Waals surface area contributed by atoms with Gasteiger partial charge in [0.15, 0.2) is 0 Å². The SMILES string of the molecule is OCCc1ccc(OCC(O)CN2CCNCC2)cc1. The molecule has 0 saturated carbocycles. The van der Waals surface area contributed by atoms with E-state index in [0.29, 0.717) is 19.6 Å². The summed E-state index contributed by atoms with van der Waals surface area (Å²) >= 11 is 0. The van der Waals surface area contributed by atoms with Gasteiger partial charge in [-0.2, -0.15) is 0 Å². The fourth-order valence-electron chi connectivity index (χ4n) is 2.32. The lowest BCUT2D eigenvalue weighted by molar-refractivity contribution is 0.0641. The Bertz CT molecular complexity index is 377. The molecule has 1 saturated heterocycles. The Balaban J connectivity index is 1.70. The maximum atomic E-state index is 9.98. The Labute approximate surface area is 120 Å². The molecule has 1 heterocycles. The van der Waals surface area contributed by atoms with Crippen LogP contribution in [0.1, 0.15) is 5.56 Å². The molecular weight excluding hydrogens is 256 g/mol. The second kappa shape index (κ2) is 8.21. The lowest BCUT2D eigenvalue weighted by Gasteiger charge is -2.29. The molecule has 1 aromatic rings. The van der Waals surface area contributed by atoms with E-state index in [2.05, 4.69) is 10.2 Å². The molecule has 1 unspecified atom stereocenters. The van der Waals surface area contributed by atoms with Crippen molar-refractivity contribution in [3.05, 3.63) is 29.8 Å². The van der Waals surface area contributed by atoms with Crippen molar-refractivity contribution in [2.45, 2.75) is 12.5 Å². The van der Waals surface area contributed by atoms with Crippen LogP contribution < -0.4 is 10.1 Å². The maximum absolute atomic E-state index is 9.98.